The minimum absolute atomic E-state index is 0.145. The first-order chi connectivity index (χ1) is 15.6. The number of rotatable bonds is 6. The second-order valence-electron chi connectivity index (χ2n) is 7.00. The molecule has 0 atom stereocenters. The number of amides is 1. The zero-order valence-electron chi connectivity index (χ0n) is 17.1. The number of aromatic nitrogens is 2. The molecule has 1 saturated heterocycles. The van der Waals surface area contributed by atoms with E-state index in [0.717, 1.165) is 23.4 Å². The van der Waals surface area contributed by atoms with E-state index in [-0.39, 0.29) is 37.5 Å². The highest BCUT2D eigenvalue weighted by Gasteiger charge is 2.31. The molecule has 11 nitrogen and oxygen atoms in total. The molecule has 0 spiro atoms. The predicted molar refractivity (Wildman–Crippen MR) is 104 cm³/mol. The minimum Gasteiger partial charge on any atom is -0.530 e. The average Bonchev–Trinajstić information content (AvgIpc) is 2.77. The Morgan fingerprint density at radius 2 is 1.79 bits per heavy atom. The Morgan fingerprint density at radius 3 is 2.33 bits per heavy atom. The summed E-state index contributed by atoms with van der Waals surface area (Å²) in [6, 6.07) is 4.12. The SMILES string of the molecule is CC(=NOc1ncnc(OC2CCN(C(=O)[O-])CC2)c1[N+](=O)[O-])c1ccc(C(F)(F)F)cc1. The van der Waals surface area contributed by atoms with Crippen LogP contribution in [0.1, 0.15) is 30.9 Å². The van der Waals surface area contributed by atoms with Crippen LogP contribution >= 0.6 is 0 Å². The lowest BCUT2D eigenvalue weighted by Crippen LogP contribution is -2.47. The Morgan fingerprint density at radius 1 is 1.18 bits per heavy atom. The van der Waals surface area contributed by atoms with E-state index < -0.39 is 40.4 Å². The Kier molecular flexibility index (Phi) is 6.94. The molecule has 1 fully saturated rings. The number of piperidine rings is 1. The first-order valence-electron chi connectivity index (χ1n) is 9.57. The Labute approximate surface area is 184 Å². The number of benzene rings is 1. The monoisotopic (exact) mass is 468 g/mol. The normalized spacial score (nSPS) is 15.3. The van der Waals surface area contributed by atoms with Gasteiger partial charge in [0.05, 0.1) is 16.2 Å². The average molecular weight is 468 g/mol. The highest BCUT2D eigenvalue weighted by molar-refractivity contribution is 5.98. The number of nitro groups is 1. The van der Waals surface area contributed by atoms with Gasteiger partial charge in [0, 0.05) is 25.9 Å². The fraction of sp³-hybridized carbons (Fsp3) is 0.368. The zero-order valence-corrected chi connectivity index (χ0v) is 17.1. The second kappa shape index (κ2) is 9.67. The van der Waals surface area contributed by atoms with Crippen LogP contribution in [0.3, 0.4) is 0 Å². The van der Waals surface area contributed by atoms with E-state index in [1.165, 1.54) is 19.1 Å². The summed E-state index contributed by atoms with van der Waals surface area (Å²) in [5, 5.41) is 26.2. The van der Waals surface area contributed by atoms with Crippen molar-refractivity contribution in [2.75, 3.05) is 13.1 Å². The van der Waals surface area contributed by atoms with E-state index in [9.17, 15) is 33.2 Å². The van der Waals surface area contributed by atoms with E-state index in [0.29, 0.717) is 5.56 Å². The molecule has 0 saturated carbocycles. The van der Waals surface area contributed by atoms with Crippen LogP contribution in [-0.2, 0) is 6.18 Å². The highest BCUT2D eigenvalue weighted by Crippen LogP contribution is 2.34. The molecule has 0 radical (unpaired) electrons. The van der Waals surface area contributed by atoms with Crippen molar-refractivity contribution in [1.29, 1.82) is 0 Å². The Balaban J connectivity index is 1.75. The van der Waals surface area contributed by atoms with Gasteiger partial charge in [-0.15, -0.1) is 0 Å². The Bertz CT molecular complexity index is 1050. The Hall–Kier alpha value is -3.97. The summed E-state index contributed by atoms with van der Waals surface area (Å²) >= 11 is 0. The number of oxime groups is 1. The lowest BCUT2D eigenvalue weighted by molar-refractivity contribution is -0.387. The molecule has 3 rings (SSSR count). The minimum atomic E-state index is -4.49. The summed E-state index contributed by atoms with van der Waals surface area (Å²) in [7, 11) is 0. The van der Waals surface area contributed by atoms with Crippen molar-refractivity contribution in [2.45, 2.75) is 32.0 Å². The van der Waals surface area contributed by atoms with E-state index in [2.05, 4.69) is 15.1 Å². The van der Waals surface area contributed by atoms with E-state index >= 15 is 0 Å². The van der Waals surface area contributed by atoms with Crippen molar-refractivity contribution in [3.8, 4) is 11.8 Å². The molecular formula is C19H17F3N5O6-. The molecule has 1 aromatic carbocycles. The van der Waals surface area contributed by atoms with Gasteiger partial charge >= 0.3 is 23.6 Å². The fourth-order valence-corrected chi connectivity index (χ4v) is 3.04. The van der Waals surface area contributed by atoms with Crippen molar-refractivity contribution in [1.82, 2.24) is 14.9 Å². The van der Waals surface area contributed by atoms with Crippen molar-refractivity contribution in [3.05, 3.63) is 51.8 Å². The number of carbonyl (C=O) groups is 1. The van der Waals surface area contributed by atoms with Crippen LogP contribution in [0, 0.1) is 10.1 Å². The third-order valence-electron chi connectivity index (χ3n) is 4.82. The molecule has 1 aliphatic rings. The van der Waals surface area contributed by atoms with Crippen molar-refractivity contribution in [2.24, 2.45) is 5.16 Å². The smallest absolute Gasteiger partial charge is 0.416 e. The third-order valence-corrected chi connectivity index (χ3v) is 4.82. The number of carboxylic acid groups (broad SMARTS) is 1. The summed E-state index contributed by atoms with van der Waals surface area (Å²) in [6.45, 7) is 1.73. The lowest BCUT2D eigenvalue weighted by Gasteiger charge is -2.33. The summed E-state index contributed by atoms with van der Waals surface area (Å²) in [5.74, 6) is -0.900. The molecule has 176 valence electrons. The van der Waals surface area contributed by atoms with Gasteiger partial charge in [-0.3, -0.25) is 10.1 Å². The summed E-state index contributed by atoms with van der Waals surface area (Å²) in [6.07, 6.45) is -4.80. The first-order valence-corrected chi connectivity index (χ1v) is 9.57. The maximum absolute atomic E-state index is 12.7. The number of hydrogen-bond donors (Lipinski definition) is 0. The van der Waals surface area contributed by atoms with Crippen LogP contribution in [0.2, 0.25) is 0 Å². The molecule has 2 aromatic rings. The number of nitrogens with zero attached hydrogens (tertiary/aromatic N) is 5. The van der Waals surface area contributed by atoms with Gasteiger partial charge in [-0.2, -0.15) is 23.1 Å². The largest absolute Gasteiger partial charge is 0.530 e. The molecule has 33 heavy (non-hydrogen) atoms. The molecule has 0 bridgehead atoms. The standard InChI is InChI=1S/C19H18F3N5O6/c1-11(12-2-4-13(5-3-12)19(20,21)22)25-33-17-15(27(30)31)16(23-10-24-17)32-14-6-8-26(9-7-14)18(28)29/h2-5,10,14H,6-9H2,1H3,(H,28,29)/p-1. The van der Waals surface area contributed by atoms with Gasteiger partial charge in [0.1, 0.15) is 18.5 Å². The highest BCUT2D eigenvalue weighted by atomic mass is 19.4. The van der Waals surface area contributed by atoms with Crippen molar-refractivity contribution >= 4 is 17.5 Å². The van der Waals surface area contributed by atoms with Crippen LogP contribution in [0.5, 0.6) is 11.8 Å². The van der Waals surface area contributed by atoms with E-state index in [1.807, 2.05) is 0 Å². The molecule has 1 aliphatic heterocycles. The summed E-state index contributed by atoms with van der Waals surface area (Å²) < 4.78 is 43.7. The molecule has 0 aliphatic carbocycles. The maximum Gasteiger partial charge on any atom is 0.416 e. The molecule has 2 heterocycles. The lowest BCUT2D eigenvalue weighted by atomic mass is 10.1. The molecule has 0 N–H and O–H groups in total. The van der Waals surface area contributed by atoms with Gasteiger partial charge in [0.25, 0.3) is 0 Å². The quantitative estimate of drug-likeness (QED) is 0.357. The topological polar surface area (TPSA) is 143 Å². The molecule has 1 aromatic heterocycles. The van der Waals surface area contributed by atoms with Crippen LogP contribution in [0.4, 0.5) is 23.7 Å². The summed E-state index contributed by atoms with van der Waals surface area (Å²) in [4.78, 5) is 35.3. The van der Waals surface area contributed by atoms with Crippen LogP contribution in [-0.4, -0.2) is 50.8 Å². The fourth-order valence-electron chi connectivity index (χ4n) is 3.04. The van der Waals surface area contributed by atoms with Gasteiger partial charge in [0.15, 0.2) is 0 Å². The summed E-state index contributed by atoms with van der Waals surface area (Å²) in [5.41, 5.74) is -1.08. The van der Waals surface area contributed by atoms with E-state index in [4.69, 9.17) is 9.57 Å². The first kappa shape index (κ1) is 23.7. The number of hydrogen-bond acceptors (Lipinski definition) is 9. The third kappa shape index (κ3) is 5.84. The zero-order chi connectivity index (χ0) is 24.2. The molecular weight excluding hydrogens is 451 g/mol. The van der Waals surface area contributed by atoms with Crippen LogP contribution in [0.15, 0.2) is 35.7 Å². The van der Waals surface area contributed by atoms with Gasteiger partial charge < -0.3 is 24.4 Å². The van der Waals surface area contributed by atoms with Gasteiger partial charge in [-0.1, -0.05) is 17.3 Å². The molecule has 14 heteroatoms. The predicted octanol–water partition coefficient (Wildman–Crippen LogP) is 2.39. The van der Waals surface area contributed by atoms with Crippen molar-refractivity contribution < 1.29 is 37.6 Å². The van der Waals surface area contributed by atoms with Crippen LogP contribution < -0.4 is 14.7 Å². The van der Waals surface area contributed by atoms with Gasteiger partial charge in [-0.05, 0) is 24.6 Å². The number of alkyl halides is 3. The molecule has 1 amide bonds. The number of halogens is 3. The molecule has 0 unspecified atom stereocenters. The number of ether oxygens (including phenoxy) is 1. The maximum atomic E-state index is 12.7. The van der Waals surface area contributed by atoms with Crippen LogP contribution in [0.25, 0.3) is 0 Å². The van der Waals surface area contributed by atoms with E-state index in [1.54, 1.807) is 0 Å². The van der Waals surface area contributed by atoms with Gasteiger partial charge in [-0.25, -0.2) is 0 Å². The number of likely N-dealkylation sites (tertiary alicyclic amines) is 1. The van der Waals surface area contributed by atoms with Gasteiger partial charge in [0.2, 0.25) is 0 Å². The van der Waals surface area contributed by atoms with Crippen molar-refractivity contribution in [3.63, 3.8) is 0 Å². The second-order valence-corrected chi connectivity index (χ2v) is 7.00. The number of carbonyl (C=O) groups excluding carboxylic acids is 1.